The minimum atomic E-state index is 1.17. The summed E-state index contributed by atoms with van der Waals surface area (Å²) in [7, 11) is 0. The third-order valence-electron chi connectivity index (χ3n) is 5.40. The predicted octanol–water partition coefficient (Wildman–Crippen LogP) is 10.7. The van der Waals surface area contributed by atoms with Crippen molar-refractivity contribution < 1.29 is 0 Å². The van der Waals surface area contributed by atoms with Crippen molar-refractivity contribution in [2.45, 2.75) is 120 Å². The summed E-state index contributed by atoms with van der Waals surface area (Å²) in [5.41, 5.74) is 20.0. The molecule has 0 heterocycles. The number of allylic oxidation sites excluding steroid dienone is 12. The fourth-order valence-corrected chi connectivity index (χ4v) is 3.34. The van der Waals surface area contributed by atoms with Crippen LogP contribution in [0.4, 0.5) is 0 Å². The van der Waals surface area contributed by atoms with Crippen molar-refractivity contribution in [3.05, 3.63) is 69.9 Å². The van der Waals surface area contributed by atoms with Crippen molar-refractivity contribution in [1.29, 1.82) is 11.1 Å². The molecule has 0 fully saturated rings. The summed E-state index contributed by atoms with van der Waals surface area (Å²) in [5, 5.41) is 0. The second-order valence-electron chi connectivity index (χ2n) is 9.61. The van der Waals surface area contributed by atoms with Gasteiger partial charge in [-0.1, -0.05) is 69.9 Å². The van der Waals surface area contributed by atoms with Gasteiger partial charge in [-0.3, -0.25) is 0 Å². The van der Waals surface area contributed by atoms with Gasteiger partial charge in [0.05, 0.1) is 0 Å². The van der Waals surface area contributed by atoms with Gasteiger partial charge in [-0.15, -0.1) is 0 Å². The lowest BCUT2D eigenvalue weighted by Gasteiger charge is -2.02. The maximum absolute atomic E-state index is 5.50. The Kier molecular flexibility index (Phi) is 22.9. The van der Waals surface area contributed by atoms with Crippen LogP contribution < -0.4 is 4.91 Å². The zero-order valence-corrected chi connectivity index (χ0v) is 23.0. The van der Waals surface area contributed by atoms with Crippen LogP contribution in [0.15, 0.2) is 69.9 Å². The fraction of sp³-hybridized carbons (Fsp3) is 0.600. The van der Waals surface area contributed by atoms with Crippen LogP contribution >= 0.6 is 0 Å². The Hall–Kier alpha value is -2.25. The summed E-state index contributed by atoms with van der Waals surface area (Å²) >= 11 is 0. The molecule has 0 aliphatic carbocycles. The average molecular weight is 455 g/mol. The first-order valence-electron chi connectivity index (χ1n) is 12.5. The summed E-state index contributed by atoms with van der Waals surface area (Å²) in [5.74, 6) is 0. The third kappa shape index (κ3) is 27.7. The van der Waals surface area contributed by atoms with Crippen molar-refractivity contribution in [1.82, 2.24) is 4.91 Å². The molecule has 0 aromatic rings. The molecule has 0 aliphatic rings. The van der Waals surface area contributed by atoms with Crippen LogP contribution in [0.5, 0.6) is 0 Å². The van der Waals surface area contributed by atoms with E-state index in [1.54, 1.807) is 0 Å². The second kappa shape index (κ2) is 22.9. The Labute approximate surface area is 205 Å². The van der Waals surface area contributed by atoms with E-state index in [-0.39, 0.29) is 0 Å². The number of nitrogens with zero attached hydrogens (tertiary/aromatic N) is 1. The molecule has 0 radical (unpaired) electrons. The lowest BCUT2D eigenvalue weighted by molar-refractivity contribution is 0.896. The quantitative estimate of drug-likeness (QED) is 0.107. The molecule has 0 unspecified atom stereocenters. The monoisotopic (exact) mass is 454 g/mol. The molecule has 3 heteroatoms. The standard InChI is InChI=1S/C30H50.H2N3/c1-25(2)15-11-19-29(7)23-13-21-27(5)17-9-10-18-28(6)22-14-24-30(8)20-12-16-26(3)4;1-3-2/h15-18,23-24H,9-14,19-22H2,1-8H3;1-2H/q;+1/b27-17+,28-18+,29-23+,30-24+;. The maximum atomic E-state index is 5.50. The van der Waals surface area contributed by atoms with Crippen molar-refractivity contribution >= 4 is 0 Å². The molecule has 0 aromatic carbocycles. The molecule has 0 rings (SSSR count). The van der Waals surface area contributed by atoms with Gasteiger partial charge >= 0.3 is 0 Å². The fourth-order valence-electron chi connectivity index (χ4n) is 3.34. The molecule has 0 aromatic heterocycles. The molecule has 0 saturated carbocycles. The minimum absolute atomic E-state index is 1.17. The van der Waals surface area contributed by atoms with E-state index < -0.39 is 0 Å². The molecule has 0 spiro atoms. The van der Waals surface area contributed by atoms with Crippen molar-refractivity contribution in [2.24, 2.45) is 0 Å². The van der Waals surface area contributed by atoms with Crippen molar-refractivity contribution in [3.8, 4) is 0 Å². The molecule has 0 atom stereocenters. The van der Waals surface area contributed by atoms with E-state index in [0.29, 0.717) is 0 Å². The molecule has 2 N–H and O–H groups in total. The first kappa shape index (κ1) is 32.9. The minimum Gasteiger partial charge on any atom is -0.0856 e. The van der Waals surface area contributed by atoms with Gasteiger partial charge in [0.1, 0.15) is 11.1 Å². The Bertz CT molecular complexity index is 671. The lowest BCUT2D eigenvalue weighted by Crippen LogP contribution is -1.82. The summed E-state index contributed by atoms with van der Waals surface area (Å²) in [4.78, 5) is 2.00. The number of unbranched alkanes of at least 4 members (excludes halogenated alkanes) is 1. The van der Waals surface area contributed by atoms with E-state index in [2.05, 4.69) is 91.8 Å². The van der Waals surface area contributed by atoms with E-state index in [1.165, 1.54) is 97.6 Å². The third-order valence-corrected chi connectivity index (χ3v) is 5.40. The van der Waals surface area contributed by atoms with Gasteiger partial charge in [0.25, 0.3) is 0 Å². The van der Waals surface area contributed by atoms with Gasteiger partial charge in [0.15, 0.2) is 0 Å². The zero-order chi connectivity index (χ0) is 25.5. The average Bonchev–Trinajstić information content (AvgIpc) is 2.71. The maximum Gasteiger partial charge on any atom is 0.211 e. The first-order valence-corrected chi connectivity index (χ1v) is 12.5. The Morgan fingerprint density at radius 2 is 0.636 bits per heavy atom. The number of hydrogen-bond acceptors (Lipinski definition) is 2. The number of nitrogens with one attached hydrogen (secondary N) is 2. The van der Waals surface area contributed by atoms with Gasteiger partial charge in [-0.2, -0.15) is 0 Å². The van der Waals surface area contributed by atoms with Crippen molar-refractivity contribution in [2.75, 3.05) is 0 Å². The highest BCUT2D eigenvalue weighted by molar-refractivity contribution is 5.08. The molecule has 0 amide bonds. The van der Waals surface area contributed by atoms with E-state index in [9.17, 15) is 0 Å². The highest BCUT2D eigenvalue weighted by Gasteiger charge is 1.94. The predicted molar refractivity (Wildman–Crippen MR) is 148 cm³/mol. The van der Waals surface area contributed by atoms with Crippen molar-refractivity contribution in [3.63, 3.8) is 0 Å². The highest BCUT2D eigenvalue weighted by atomic mass is 15.0. The van der Waals surface area contributed by atoms with Gasteiger partial charge in [0, 0.05) is 0 Å². The van der Waals surface area contributed by atoms with Gasteiger partial charge < -0.3 is 0 Å². The van der Waals surface area contributed by atoms with E-state index in [4.69, 9.17) is 11.1 Å². The van der Waals surface area contributed by atoms with E-state index in [1.807, 2.05) is 4.91 Å². The number of hydrogen-bond donors (Lipinski definition) is 2. The Balaban J connectivity index is 0. The largest absolute Gasteiger partial charge is 0.211 e. The van der Waals surface area contributed by atoms with Crippen LogP contribution in [0.3, 0.4) is 0 Å². The molecule has 186 valence electrons. The zero-order valence-electron chi connectivity index (χ0n) is 23.0. The van der Waals surface area contributed by atoms with Gasteiger partial charge in [-0.05, 0) is 120 Å². The molecule has 0 saturated heterocycles. The van der Waals surface area contributed by atoms with Gasteiger partial charge in [-0.25, -0.2) is 0 Å². The van der Waals surface area contributed by atoms with Crippen LogP contribution in [0.25, 0.3) is 0 Å². The summed E-state index contributed by atoms with van der Waals surface area (Å²) in [6.07, 6.45) is 26.2. The molecule has 33 heavy (non-hydrogen) atoms. The first-order chi connectivity index (χ1) is 15.6. The summed E-state index contributed by atoms with van der Waals surface area (Å²) in [6.45, 7) is 17.8. The molecule has 3 nitrogen and oxygen atoms in total. The van der Waals surface area contributed by atoms with Crippen LogP contribution in [-0.2, 0) is 0 Å². The van der Waals surface area contributed by atoms with Crippen LogP contribution in [0, 0.1) is 11.1 Å². The van der Waals surface area contributed by atoms with E-state index >= 15 is 0 Å². The Morgan fingerprint density at radius 3 is 0.879 bits per heavy atom. The topological polar surface area (TPSA) is 61.8 Å². The van der Waals surface area contributed by atoms with E-state index in [0.717, 1.165) is 0 Å². The highest BCUT2D eigenvalue weighted by Crippen LogP contribution is 2.14. The SMILES string of the molecule is CC(C)=CCC/C(C)=C/CC/C(C)=C/CC/C=C(\C)CC/C=C(\C)CCC=C(C)C.N=[N+]=N. The van der Waals surface area contributed by atoms with Crippen LogP contribution in [-0.4, -0.2) is 0 Å². The second-order valence-corrected chi connectivity index (χ2v) is 9.61. The molecule has 0 bridgehead atoms. The summed E-state index contributed by atoms with van der Waals surface area (Å²) in [6, 6.07) is 0. The van der Waals surface area contributed by atoms with Gasteiger partial charge in [0.2, 0.25) is 4.91 Å². The van der Waals surface area contributed by atoms with Crippen LogP contribution in [0.2, 0.25) is 0 Å². The Morgan fingerprint density at radius 1 is 0.424 bits per heavy atom. The number of rotatable bonds is 15. The molecular weight excluding hydrogens is 402 g/mol. The smallest absolute Gasteiger partial charge is 0.0856 e. The van der Waals surface area contributed by atoms with Crippen LogP contribution in [0.1, 0.15) is 120 Å². The summed E-state index contributed by atoms with van der Waals surface area (Å²) < 4.78 is 0. The molecule has 0 aliphatic heterocycles. The molecular formula is C30H52N3+. The lowest BCUT2D eigenvalue weighted by atomic mass is 10.0. The normalized spacial score (nSPS) is 12.5.